The highest BCUT2D eigenvalue weighted by molar-refractivity contribution is 6.08. The summed E-state index contributed by atoms with van der Waals surface area (Å²) in [6.45, 7) is 1.38. The molecule has 0 amide bonds. The molecule has 0 atom stereocenters. The van der Waals surface area contributed by atoms with Crippen LogP contribution in [0, 0.1) is 6.92 Å². The molecule has 26 heavy (non-hydrogen) atoms. The lowest BCUT2D eigenvalue weighted by Crippen LogP contribution is -2.25. The Morgan fingerprint density at radius 3 is 2.73 bits per heavy atom. The van der Waals surface area contributed by atoms with Crippen LogP contribution in [0.25, 0.3) is 6.08 Å². The first kappa shape index (κ1) is 18.9. The van der Waals surface area contributed by atoms with Crippen LogP contribution in [-0.2, 0) is 16.6 Å². The predicted octanol–water partition coefficient (Wildman–Crippen LogP) is 1.24. The number of methoxy groups -OCH3 is 1. The van der Waals surface area contributed by atoms with E-state index in [9.17, 15) is 19.5 Å². The van der Waals surface area contributed by atoms with Crippen LogP contribution in [0.2, 0.25) is 0 Å². The van der Waals surface area contributed by atoms with Gasteiger partial charge in [0.15, 0.2) is 12.4 Å². The number of rotatable bonds is 6. The summed E-state index contributed by atoms with van der Waals surface area (Å²) in [6, 6.07) is 2.91. The van der Waals surface area contributed by atoms with Crippen LogP contribution in [0.3, 0.4) is 0 Å². The van der Waals surface area contributed by atoms with Gasteiger partial charge in [0.1, 0.15) is 17.1 Å². The predicted molar refractivity (Wildman–Crippen MR) is 93.2 cm³/mol. The molecule has 0 bridgehead atoms. The van der Waals surface area contributed by atoms with E-state index in [1.165, 1.54) is 43.3 Å². The zero-order valence-electron chi connectivity index (χ0n) is 14.6. The number of aryl methyl sites for hydroxylation is 1. The third-order valence-electron chi connectivity index (χ3n) is 3.64. The molecule has 8 heteroatoms. The lowest BCUT2D eigenvalue weighted by Gasteiger charge is -2.07. The summed E-state index contributed by atoms with van der Waals surface area (Å²) < 4.78 is 11.0. The van der Waals surface area contributed by atoms with Gasteiger partial charge in [-0.05, 0) is 30.7 Å². The number of nitrogens with zero attached hydrogens (tertiary/aromatic N) is 2. The van der Waals surface area contributed by atoms with Gasteiger partial charge in [0.25, 0.3) is 5.56 Å². The van der Waals surface area contributed by atoms with E-state index in [0.717, 1.165) is 6.08 Å². The quantitative estimate of drug-likeness (QED) is 0.470. The maximum Gasteiger partial charge on any atom is 0.343 e. The van der Waals surface area contributed by atoms with Gasteiger partial charge in [-0.3, -0.25) is 14.6 Å². The molecule has 136 valence electrons. The van der Waals surface area contributed by atoms with Gasteiger partial charge in [0.2, 0.25) is 0 Å². The fourth-order valence-electron chi connectivity index (χ4n) is 2.10. The fourth-order valence-corrected chi connectivity index (χ4v) is 2.10. The van der Waals surface area contributed by atoms with Crippen LogP contribution < -0.4 is 10.3 Å². The number of aromatic nitrogens is 2. The first-order valence-electron chi connectivity index (χ1n) is 7.60. The number of hydrogen-bond donors (Lipinski definition) is 1. The number of esters is 1. The molecule has 0 aliphatic rings. The highest BCUT2D eigenvalue weighted by atomic mass is 16.6. The largest absolute Gasteiger partial charge is 0.507 e. The number of ketones is 1. The molecule has 0 aliphatic heterocycles. The van der Waals surface area contributed by atoms with Crippen LogP contribution in [0.5, 0.6) is 11.5 Å². The fraction of sp³-hybridized carbons (Fsp3) is 0.222. The molecule has 0 radical (unpaired) electrons. The second-order valence-electron chi connectivity index (χ2n) is 5.43. The zero-order valence-corrected chi connectivity index (χ0v) is 14.6. The summed E-state index contributed by atoms with van der Waals surface area (Å²) in [5.41, 5.74) is 0.169. The van der Waals surface area contributed by atoms with Crippen LogP contribution in [-0.4, -0.2) is 40.1 Å². The van der Waals surface area contributed by atoms with Crippen molar-refractivity contribution in [3.05, 3.63) is 57.8 Å². The smallest absolute Gasteiger partial charge is 0.343 e. The second-order valence-corrected chi connectivity index (χ2v) is 5.43. The molecule has 0 aromatic carbocycles. The van der Waals surface area contributed by atoms with Gasteiger partial charge in [-0.1, -0.05) is 0 Å². The topological polar surface area (TPSA) is 108 Å². The second kappa shape index (κ2) is 8.11. The molecule has 2 heterocycles. The number of aromatic hydroxyl groups is 1. The molecule has 2 aromatic heterocycles. The Bertz CT molecular complexity index is 930. The number of hydrogen-bond acceptors (Lipinski definition) is 7. The molecular formula is C18H18N2O6. The minimum Gasteiger partial charge on any atom is -0.507 e. The molecule has 0 saturated heterocycles. The minimum absolute atomic E-state index is 0.266. The standard InChI is InChI=1S/C18H18N2O6/c1-11-6-15(22)17(18(24)20(11)2)14(21)5-4-12-7-13(9-19-8-12)26-10-16(23)25-3/h4-9,22H,10H2,1-3H3/b5-4+. The van der Waals surface area contributed by atoms with Gasteiger partial charge >= 0.3 is 5.97 Å². The van der Waals surface area contributed by atoms with Gasteiger partial charge in [-0.25, -0.2) is 4.79 Å². The number of carbonyl (C=O) groups excluding carboxylic acids is 2. The molecule has 0 saturated carbocycles. The first-order chi connectivity index (χ1) is 12.3. The number of ether oxygens (including phenoxy) is 2. The van der Waals surface area contributed by atoms with Crippen LogP contribution in [0.1, 0.15) is 21.6 Å². The van der Waals surface area contributed by atoms with Gasteiger partial charge in [-0.15, -0.1) is 0 Å². The molecule has 0 fully saturated rings. The Morgan fingerprint density at radius 2 is 2.04 bits per heavy atom. The molecular weight excluding hydrogens is 340 g/mol. The van der Waals surface area contributed by atoms with Crippen LogP contribution >= 0.6 is 0 Å². The summed E-state index contributed by atoms with van der Waals surface area (Å²) in [4.78, 5) is 39.5. The van der Waals surface area contributed by atoms with E-state index in [0.29, 0.717) is 17.0 Å². The highest BCUT2D eigenvalue weighted by Gasteiger charge is 2.16. The van der Waals surface area contributed by atoms with Gasteiger partial charge in [0.05, 0.1) is 13.3 Å². The van der Waals surface area contributed by atoms with Crippen molar-refractivity contribution < 1.29 is 24.2 Å². The maximum atomic E-state index is 12.3. The molecule has 0 spiro atoms. The lowest BCUT2D eigenvalue weighted by molar-refractivity contribution is -0.142. The SMILES string of the molecule is COC(=O)COc1cncc(/C=C/C(=O)c2c(O)cc(C)n(C)c2=O)c1. The molecule has 1 N–H and O–H groups in total. The van der Waals surface area contributed by atoms with Gasteiger partial charge in [-0.2, -0.15) is 0 Å². The third-order valence-corrected chi connectivity index (χ3v) is 3.64. The van der Waals surface area contributed by atoms with E-state index in [2.05, 4.69) is 9.72 Å². The highest BCUT2D eigenvalue weighted by Crippen LogP contribution is 2.17. The van der Waals surface area contributed by atoms with Crippen molar-refractivity contribution in [2.45, 2.75) is 6.92 Å². The van der Waals surface area contributed by atoms with Crippen molar-refractivity contribution in [3.63, 3.8) is 0 Å². The van der Waals surface area contributed by atoms with Crippen LogP contribution in [0.4, 0.5) is 0 Å². The summed E-state index contributed by atoms with van der Waals surface area (Å²) in [7, 11) is 2.77. The Morgan fingerprint density at radius 1 is 1.31 bits per heavy atom. The van der Waals surface area contributed by atoms with E-state index in [-0.39, 0.29) is 17.9 Å². The van der Waals surface area contributed by atoms with Crippen molar-refractivity contribution in [1.29, 1.82) is 0 Å². The Balaban J connectivity index is 2.20. The van der Waals surface area contributed by atoms with Gasteiger partial charge < -0.3 is 19.1 Å². The molecule has 0 aliphatic carbocycles. The normalized spacial score (nSPS) is 10.7. The van der Waals surface area contributed by atoms with E-state index < -0.39 is 17.3 Å². The number of allylic oxidation sites excluding steroid dienone is 1. The Labute approximate surface area is 149 Å². The van der Waals surface area contributed by atoms with E-state index in [1.54, 1.807) is 13.0 Å². The summed E-state index contributed by atoms with van der Waals surface area (Å²) in [5, 5.41) is 9.91. The van der Waals surface area contributed by atoms with E-state index in [4.69, 9.17) is 4.74 Å². The monoisotopic (exact) mass is 358 g/mol. The van der Waals surface area contributed by atoms with Crippen molar-refractivity contribution >= 4 is 17.8 Å². The summed E-state index contributed by atoms with van der Waals surface area (Å²) in [5.74, 6) is -1.22. The van der Waals surface area contributed by atoms with Crippen molar-refractivity contribution in [2.75, 3.05) is 13.7 Å². The molecule has 8 nitrogen and oxygen atoms in total. The lowest BCUT2D eigenvalue weighted by atomic mass is 10.1. The Hall–Kier alpha value is -3.42. The average molecular weight is 358 g/mol. The number of carbonyl (C=O) groups is 2. The average Bonchev–Trinajstić information content (AvgIpc) is 2.63. The minimum atomic E-state index is -0.635. The van der Waals surface area contributed by atoms with Crippen molar-refractivity contribution in [2.24, 2.45) is 7.05 Å². The van der Waals surface area contributed by atoms with Crippen molar-refractivity contribution in [3.8, 4) is 11.5 Å². The summed E-state index contributed by atoms with van der Waals surface area (Å²) >= 11 is 0. The van der Waals surface area contributed by atoms with E-state index >= 15 is 0 Å². The third kappa shape index (κ3) is 4.35. The zero-order chi connectivity index (χ0) is 19.3. The maximum absolute atomic E-state index is 12.3. The molecule has 2 rings (SSSR count). The Kier molecular flexibility index (Phi) is 5.90. The van der Waals surface area contributed by atoms with E-state index in [1.807, 2.05) is 0 Å². The molecule has 0 unspecified atom stereocenters. The molecule has 2 aromatic rings. The van der Waals surface area contributed by atoms with Crippen molar-refractivity contribution in [1.82, 2.24) is 9.55 Å². The summed E-state index contributed by atoms with van der Waals surface area (Å²) in [6.07, 6.45) is 5.47. The first-order valence-corrected chi connectivity index (χ1v) is 7.60. The van der Waals surface area contributed by atoms with Gasteiger partial charge in [0, 0.05) is 25.0 Å². The van der Waals surface area contributed by atoms with Crippen LogP contribution in [0.15, 0.2) is 35.4 Å². The number of pyridine rings is 2.